The second-order valence-corrected chi connectivity index (χ2v) is 7.56. The molecule has 0 saturated heterocycles. The molecule has 0 bridgehead atoms. The van der Waals surface area contributed by atoms with Crippen LogP contribution in [0, 0.1) is 5.82 Å². The summed E-state index contributed by atoms with van der Waals surface area (Å²) in [6.07, 6.45) is 3.75. The Bertz CT molecular complexity index is 911. The smallest absolute Gasteiger partial charge is 0.142 e. The summed E-state index contributed by atoms with van der Waals surface area (Å²) in [5, 5.41) is 7.47. The van der Waals surface area contributed by atoms with Crippen molar-refractivity contribution >= 4 is 22.9 Å². The average Bonchev–Trinajstić information content (AvgIpc) is 2.81. The predicted molar refractivity (Wildman–Crippen MR) is 124 cm³/mol. The van der Waals surface area contributed by atoms with E-state index in [1.54, 1.807) is 12.1 Å². The molecule has 1 aliphatic heterocycles. The maximum Gasteiger partial charge on any atom is 0.142 e. The Labute approximate surface area is 187 Å². The molecule has 2 aromatic rings. The molecular formula is C24H27FN2O3S. The van der Waals surface area contributed by atoms with Crippen LogP contribution in [0.25, 0.3) is 0 Å². The minimum atomic E-state index is -0.267. The van der Waals surface area contributed by atoms with Crippen molar-refractivity contribution in [3.05, 3.63) is 77.1 Å². The van der Waals surface area contributed by atoms with Gasteiger partial charge in [0.25, 0.3) is 0 Å². The Morgan fingerprint density at radius 3 is 2.61 bits per heavy atom. The number of oxime groups is 1. The highest BCUT2D eigenvalue weighted by atomic mass is 32.1. The molecule has 1 N–H and O–H groups in total. The minimum Gasteiger partial charge on any atom is -0.486 e. The Morgan fingerprint density at radius 1 is 1.16 bits per heavy atom. The van der Waals surface area contributed by atoms with Crippen LogP contribution in [0.3, 0.4) is 0 Å². The Hall–Kier alpha value is -2.77. The third-order valence-corrected chi connectivity index (χ3v) is 5.04. The van der Waals surface area contributed by atoms with E-state index in [4.69, 9.17) is 26.5 Å². The minimum absolute atomic E-state index is 0.267. The van der Waals surface area contributed by atoms with Gasteiger partial charge in [-0.2, -0.15) is 0 Å². The third kappa shape index (κ3) is 7.77. The normalized spacial score (nSPS) is 14.0. The zero-order valence-corrected chi connectivity index (χ0v) is 18.4. The molecule has 31 heavy (non-hydrogen) atoms. The molecule has 0 spiro atoms. The quantitative estimate of drug-likeness (QED) is 0.248. The number of ether oxygens (including phenoxy) is 2. The number of nitrogens with one attached hydrogen (secondary N) is 1. The van der Waals surface area contributed by atoms with E-state index in [2.05, 4.69) is 16.5 Å². The Kier molecular flexibility index (Phi) is 8.99. The highest BCUT2D eigenvalue weighted by Gasteiger charge is 2.06. The third-order valence-electron chi connectivity index (χ3n) is 4.78. The molecule has 3 rings (SSSR count). The SMILES string of the molecule is CC/C(=N\OCc1ccc(F)cc1)c1ccc(OCC(=S)NCC2=CCOCC2)cc1. The van der Waals surface area contributed by atoms with Crippen LogP contribution in [0.5, 0.6) is 5.75 Å². The van der Waals surface area contributed by atoms with Crippen LogP contribution >= 0.6 is 12.2 Å². The highest BCUT2D eigenvalue weighted by molar-refractivity contribution is 7.80. The second-order valence-electron chi connectivity index (χ2n) is 7.07. The summed E-state index contributed by atoms with van der Waals surface area (Å²) < 4.78 is 24.0. The first-order chi connectivity index (χ1) is 15.1. The second kappa shape index (κ2) is 12.2. The topological polar surface area (TPSA) is 52.1 Å². The standard InChI is InChI=1S/C24H27FN2O3S/c1-2-23(27-30-16-19-3-7-21(25)8-4-19)20-5-9-22(10-6-20)29-17-24(31)26-15-18-11-13-28-14-12-18/h3-11H,2,12-17H2,1H3,(H,26,31)/b27-23+. The van der Waals surface area contributed by atoms with Gasteiger partial charge in [-0.1, -0.05) is 48.1 Å². The van der Waals surface area contributed by atoms with Crippen LogP contribution < -0.4 is 10.1 Å². The van der Waals surface area contributed by atoms with Crippen molar-refractivity contribution in [1.82, 2.24) is 5.32 Å². The molecule has 164 valence electrons. The first-order valence-electron chi connectivity index (χ1n) is 10.3. The molecule has 0 saturated carbocycles. The molecule has 0 amide bonds. The van der Waals surface area contributed by atoms with Crippen molar-refractivity contribution in [2.24, 2.45) is 5.16 Å². The summed E-state index contributed by atoms with van der Waals surface area (Å²) in [4.78, 5) is 6.12. The monoisotopic (exact) mass is 442 g/mol. The average molecular weight is 443 g/mol. The first-order valence-corrected chi connectivity index (χ1v) is 10.7. The molecule has 5 nitrogen and oxygen atoms in total. The van der Waals surface area contributed by atoms with Gasteiger partial charge in [0.2, 0.25) is 0 Å². The molecule has 1 aliphatic rings. The van der Waals surface area contributed by atoms with E-state index in [0.717, 1.165) is 48.6 Å². The van der Waals surface area contributed by atoms with E-state index >= 15 is 0 Å². The maximum absolute atomic E-state index is 13.0. The number of benzene rings is 2. The van der Waals surface area contributed by atoms with Crippen LogP contribution in [-0.4, -0.2) is 37.1 Å². The lowest BCUT2D eigenvalue weighted by molar-refractivity contribution is 0.130. The molecule has 0 aromatic heterocycles. The summed E-state index contributed by atoms with van der Waals surface area (Å²) >= 11 is 5.35. The summed E-state index contributed by atoms with van der Waals surface area (Å²) in [6, 6.07) is 13.9. The number of halogens is 1. The molecule has 2 aromatic carbocycles. The van der Waals surface area contributed by atoms with Gasteiger partial charge in [-0.25, -0.2) is 4.39 Å². The largest absolute Gasteiger partial charge is 0.486 e. The molecule has 7 heteroatoms. The van der Waals surface area contributed by atoms with E-state index < -0.39 is 0 Å². The van der Waals surface area contributed by atoms with Crippen molar-refractivity contribution < 1.29 is 18.7 Å². The van der Waals surface area contributed by atoms with Gasteiger partial charge < -0.3 is 19.6 Å². The molecular weight excluding hydrogens is 415 g/mol. The van der Waals surface area contributed by atoms with Gasteiger partial charge in [-0.15, -0.1) is 0 Å². The van der Waals surface area contributed by atoms with Crippen LogP contribution in [0.15, 0.2) is 65.3 Å². The molecule has 0 atom stereocenters. The van der Waals surface area contributed by atoms with Crippen LogP contribution in [0.1, 0.15) is 30.9 Å². The zero-order chi connectivity index (χ0) is 21.9. The lowest BCUT2D eigenvalue weighted by atomic mass is 10.1. The van der Waals surface area contributed by atoms with Crippen molar-refractivity contribution in [2.75, 3.05) is 26.4 Å². The van der Waals surface area contributed by atoms with E-state index in [1.807, 2.05) is 31.2 Å². The predicted octanol–water partition coefficient (Wildman–Crippen LogP) is 4.80. The van der Waals surface area contributed by atoms with Gasteiger partial charge >= 0.3 is 0 Å². The van der Waals surface area contributed by atoms with Crippen LogP contribution in [0.4, 0.5) is 4.39 Å². The first kappa shape index (κ1) is 22.9. The fourth-order valence-electron chi connectivity index (χ4n) is 2.97. The van der Waals surface area contributed by atoms with Gasteiger partial charge in [0.1, 0.15) is 29.8 Å². The van der Waals surface area contributed by atoms with Gasteiger partial charge in [0, 0.05) is 6.54 Å². The van der Waals surface area contributed by atoms with Gasteiger partial charge in [-0.3, -0.25) is 0 Å². The zero-order valence-electron chi connectivity index (χ0n) is 17.6. The number of rotatable bonds is 10. The van der Waals surface area contributed by atoms with Gasteiger partial charge in [0.05, 0.1) is 18.9 Å². The fraction of sp³-hybridized carbons (Fsp3) is 0.333. The Morgan fingerprint density at radius 2 is 1.94 bits per heavy atom. The number of nitrogens with zero attached hydrogens (tertiary/aromatic N) is 1. The van der Waals surface area contributed by atoms with E-state index in [1.165, 1.54) is 17.7 Å². The molecule has 0 radical (unpaired) electrons. The molecule has 1 heterocycles. The summed E-state index contributed by atoms with van der Waals surface area (Å²) in [5.74, 6) is 0.470. The summed E-state index contributed by atoms with van der Waals surface area (Å²) in [7, 11) is 0. The fourth-order valence-corrected chi connectivity index (χ4v) is 3.10. The lowest BCUT2D eigenvalue weighted by Crippen LogP contribution is -2.29. The molecule has 0 fully saturated rings. The number of hydrogen-bond acceptors (Lipinski definition) is 5. The van der Waals surface area contributed by atoms with E-state index in [-0.39, 0.29) is 5.82 Å². The van der Waals surface area contributed by atoms with Gasteiger partial charge in [-0.05, 0) is 60.4 Å². The Balaban J connectivity index is 1.45. The van der Waals surface area contributed by atoms with E-state index in [0.29, 0.717) is 24.8 Å². The summed E-state index contributed by atoms with van der Waals surface area (Å²) in [5.41, 5.74) is 3.96. The van der Waals surface area contributed by atoms with E-state index in [9.17, 15) is 4.39 Å². The van der Waals surface area contributed by atoms with Crippen molar-refractivity contribution in [3.63, 3.8) is 0 Å². The maximum atomic E-state index is 13.0. The van der Waals surface area contributed by atoms with Crippen LogP contribution in [0.2, 0.25) is 0 Å². The van der Waals surface area contributed by atoms with Crippen LogP contribution in [-0.2, 0) is 16.2 Å². The van der Waals surface area contributed by atoms with Crippen molar-refractivity contribution in [3.8, 4) is 5.75 Å². The number of thiocarbonyl (C=S) groups is 1. The lowest BCUT2D eigenvalue weighted by Gasteiger charge is -2.15. The highest BCUT2D eigenvalue weighted by Crippen LogP contribution is 2.15. The van der Waals surface area contributed by atoms with Crippen molar-refractivity contribution in [1.29, 1.82) is 0 Å². The van der Waals surface area contributed by atoms with Crippen molar-refractivity contribution in [2.45, 2.75) is 26.4 Å². The summed E-state index contributed by atoms with van der Waals surface area (Å²) in [6.45, 7) is 4.81. The molecule has 0 aliphatic carbocycles. The number of hydrogen-bond donors (Lipinski definition) is 1. The molecule has 0 unspecified atom stereocenters. The van der Waals surface area contributed by atoms with Gasteiger partial charge in [0.15, 0.2) is 0 Å².